The van der Waals surface area contributed by atoms with Gasteiger partial charge in [0.15, 0.2) is 0 Å². The molecule has 0 heterocycles. The zero-order valence-corrected chi connectivity index (χ0v) is 8.95. The van der Waals surface area contributed by atoms with Crippen molar-refractivity contribution < 1.29 is 9.90 Å². The average molecular weight is 198 g/mol. The molecule has 0 rings (SSSR count). The normalized spacial score (nSPS) is 16.5. The van der Waals surface area contributed by atoms with Crippen molar-refractivity contribution in [1.82, 2.24) is 5.32 Å². The van der Waals surface area contributed by atoms with E-state index in [1.54, 1.807) is 6.92 Å². The highest BCUT2D eigenvalue weighted by Crippen LogP contribution is 2.05. The molecule has 14 heavy (non-hydrogen) atoms. The number of nitriles is 1. The Balaban J connectivity index is 4.12. The summed E-state index contributed by atoms with van der Waals surface area (Å²) in [5.41, 5.74) is 0. The Morgan fingerprint density at radius 3 is 2.50 bits per heavy atom. The summed E-state index contributed by atoms with van der Waals surface area (Å²) in [5, 5.41) is 20.2. The molecule has 0 radical (unpaired) electrons. The Hall–Kier alpha value is -1.08. The Bertz CT molecular complexity index is 223. The molecule has 80 valence electrons. The van der Waals surface area contributed by atoms with E-state index in [9.17, 15) is 4.79 Å². The van der Waals surface area contributed by atoms with Crippen molar-refractivity contribution in [3.8, 4) is 6.07 Å². The second kappa shape index (κ2) is 6.39. The van der Waals surface area contributed by atoms with Gasteiger partial charge in [-0.15, -0.1) is 0 Å². The quantitative estimate of drug-likeness (QED) is 0.682. The smallest absolute Gasteiger partial charge is 0.237 e. The van der Waals surface area contributed by atoms with Gasteiger partial charge in [-0.3, -0.25) is 4.79 Å². The number of rotatable bonds is 5. The van der Waals surface area contributed by atoms with E-state index in [2.05, 4.69) is 5.32 Å². The maximum atomic E-state index is 11.4. The molecule has 0 fully saturated rings. The lowest BCUT2D eigenvalue weighted by molar-refractivity contribution is -0.124. The number of nitrogens with one attached hydrogen (secondary N) is 1. The molecule has 0 aliphatic carbocycles. The van der Waals surface area contributed by atoms with Gasteiger partial charge in [-0.2, -0.15) is 5.26 Å². The molecule has 0 aromatic heterocycles. The third-order valence-electron chi connectivity index (χ3n) is 2.39. The van der Waals surface area contributed by atoms with Crippen molar-refractivity contribution in [2.75, 3.05) is 6.61 Å². The number of aliphatic hydroxyl groups excluding tert-OH is 1. The maximum Gasteiger partial charge on any atom is 0.237 e. The van der Waals surface area contributed by atoms with Crippen LogP contribution in [0.5, 0.6) is 0 Å². The highest BCUT2D eigenvalue weighted by molar-refractivity contribution is 5.81. The van der Waals surface area contributed by atoms with E-state index in [1.165, 1.54) is 0 Å². The molecule has 4 heteroatoms. The van der Waals surface area contributed by atoms with Crippen LogP contribution in [0.25, 0.3) is 0 Å². The lowest BCUT2D eigenvalue weighted by Gasteiger charge is -2.20. The van der Waals surface area contributed by atoms with E-state index in [1.807, 2.05) is 19.9 Å². The highest BCUT2D eigenvalue weighted by atomic mass is 16.3. The third kappa shape index (κ3) is 3.75. The fourth-order valence-electron chi connectivity index (χ4n) is 0.961. The minimum atomic E-state index is -0.580. The first-order valence-electron chi connectivity index (χ1n) is 4.87. The maximum absolute atomic E-state index is 11.4. The third-order valence-corrected chi connectivity index (χ3v) is 2.39. The summed E-state index contributed by atoms with van der Waals surface area (Å²) < 4.78 is 0. The lowest BCUT2D eigenvalue weighted by atomic mass is 10.0. The van der Waals surface area contributed by atoms with E-state index in [0.717, 1.165) is 0 Å². The van der Waals surface area contributed by atoms with Gasteiger partial charge >= 0.3 is 0 Å². The van der Waals surface area contributed by atoms with Crippen LogP contribution in [-0.2, 0) is 4.79 Å². The Morgan fingerprint density at radius 2 is 2.14 bits per heavy atom. The summed E-state index contributed by atoms with van der Waals surface area (Å²) in [6, 6.07) is 1.84. The fraction of sp³-hybridized carbons (Fsp3) is 0.800. The number of hydrogen-bond acceptors (Lipinski definition) is 3. The van der Waals surface area contributed by atoms with Crippen molar-refractivity contribution >= 4 is 5.91 Å². The van der Waals surface area contributed by atoms with Crippen LogP contribution in [0.1, 0.15) is 27.2 Å². The second-order valence-corrected chi connectivity index (χ2v) is 3.55. The molecule has 3 unspecified atom stereocenters. The molecule has 0 spiro atoms. The number of carbonyl (C=O) groups is 1. The second-order valence-electron chi connectivity index (χ2n) is 3.55. The van der Waals surface area contributed by atoms with Gasteiger partial charge in [-0.05, 0) is 19.3 Å². The van der Waals surface area contributed by atoms with Crippen LogP contribution < -0.4 is 5.32 Å². The van der Waals surface area contributed by atoms with E-state index in [4.69, 9.17) is 10.4 Å². The van der Waals surface area contributed by atoms with Gasteiger partial charge < -0.3 is 10.4 Å². The van der Waals surface area contributed by atoms with Crippen LogP contribution in [0.15, 0.2) is 0 Å². The van der Waals surface area contributed by atoms with E-state index in [0.29, 0.717) is 6.42 Å². The van der Waals surface area contributed by atoms with Gasteiger partial charge in [0.1, 0.15) is 5.92 Å². The van der Waals surface area contributed by atoms with Gasteiger partial charge in [-0.25, -0.2) is 0 Å². The lowest BCUT2D eigenvalue weighted by Crippen LogP contribution is -2.41. The Kier molecular flexibility index (Phi) is 5.89. The van der Waals surface area contributed by atoms with Gasteiger partial charge in [0, 0.05) is 12.6 Å². The van der Waals surface area contributed by atoms with Gasteiger partial charge in [0.2, 0.25) is 5.91 Å². The van der Waals surface area contributed by atoms with Crippen molar-refractivity contribution in [2.24, 2.45) is 11.8 Å². The zero-order chi connectivity index (χ0) is 11.1. The van der Waals surface area contributed by atoms with Crippen molar-refractivity contribution in [3.63, 3.8) is 0 Å². The first-order chi connectivity index (χ1) is 6.56. The highest BCUT2D eigenvalue weighted by Gasteiger charge is 2.19. The molecule has 0 aromatic carbocycles. The summed E-state index contributed by atoms with van der Waals surface area (Å²) in [6.07, 6.45) is 0.516. The van der Waals surface area contributed by atoms with Crippen molar-refractivity contribution in [1.29, 1.82) is 5.26 Å². The van der Waals surface area contributed by atoms with Crippen LogP contribution in [0.2, 0.25) is 0 Å². The minimum absolute atomic E-state index is 0.00940. The van der Waals surface area contributed by atoms with Crippen LogP contribution in [-0.4, -0.2) is 23.7 Å². The number of hydrogen-bond donors (Lipinski definition) is 2. The van der Waals surface area contributed by atoms with E-state index in [-0.39, 0.29) is 24.5 Å². The monoisotopic (exact) mass is 198 g/mol. The Morgan fingerprint density at radius 1 is 1.57 bits per heavy atom. The molecule has 1 amide bonds. The van der Waals surface area contributed by atoms with Crippen molar-refractivity contribution in [2.45, 2.75) is 33.2 Å². The molecule has 0 aliphatic rings. The van der Waals surface area contributed by atoms with Gasteiger partial charge in [-0.1, -0.05) is 13.8 Å². The number of nitrogens with zero attached hydrogens (tertiary/aromatic N) is 1. The Labute approximate surface area is 84.9 Å². The SMILES string of the molecule is CCC(C#N)C(=O)NC(C)C(C)CO. The molecule has 4 nitrogen and oxygen atoms in total. The molecule has 2 N–H and O–H groups in total. The van der Waals surface area contributed by atoms with Gasteiger partial charge in [0.25, 0.3) is 0 Å². The predicted molar refractivity (Wildman–Crippen MR) is 53.2 cm³/mol. The number of amides is 1. The van der Waals surface area contributed by atoms with Crippen molar-refractivity contribution in [3.05, 3.63) is 0 Å². The molecular weight excluding hydrogens is 180 g/mol. The van der Waals surface area contributed by atoms with Crippen LogP contribution >= 0.6 is 0 Å². The molecule has 0 saturated heterocycles. The number of aliphatic hydroxyl groups is 1. The fourth-order valence-corrected chi connectivity index (χ4v) is 0.961. The predicted octanol–water partition coefficient (Wildman–Crippen LogP) is 0.669. The van der Waals surface area contributed by atoms with Gasteiger partial charge in [0.05, 0.1) is 6.07 Å². The molecule has 0 bridgehead atoms. The van der Waals surface area contributed by atoms with Crippen LogP contribution in [0.4, 0.5) is 0 Å². The molecule has 0 aromatic rings. The molecule has 0 aliphatic heterocycles. The number of carbonyl (C=O) groups excluding carboxylic acids is 1. The zero-order valence-electron chi connectivity index (χ0n) is 8.95. The first kappa shape index (κ1) is 12.9. The van der Waals surface area contributed by atoms with E-state index >= 15 is 0 Å². The minimum Gasteiger partial charge on any atom is -0.396 e. The van der Waals surface area contributed by atoms with Crippen LogP contribution in [0, 0.1) is 23.2 Å². The summed E-state index contributed by atoms with van der Waals surface area (Å²) in [4.78, 5) is 11.4. The average Bonchev–Trinajstić information content (AvgIpc) is 2.18. The summed E-state index contributed by atoms with van der Waals surface area (Å²) in [6.45, 7) is 5.50. The topological polar surface area (TPSA) is 73.1 Å². The summed E-state index contributed by atoms with van der Waals surface area (Å²) in [7, 11) is 0. The summed E-state index contributed by atoms with van der Waals surface area (Å²) >= 11 is 0. The molecule has 0 saturated carbocycles. The molecular formula is C10H18N2O2. The van der Waals surface area contributed by atoms with Crippen LogP contribution in [0.3, 0.4) is 0 Å². The molecule has 3 atom stereocenters. The first-order valence-corrected chi connectivity index (χ1v) is 4.87. The summed E-state index contributed by atoms with van der Waals surface area (Å²) in [5.74, 6) is -0.818. The van der Waals surface area contributed by atoms with E-state index < -0.39 is 5.92 Å². The standard InChI is InChI=1S/C10H18N2O2/c1-4-9(5-11)10(14)12-8(3)7(2)6-13/h7-9,13H,4,6H2,1-3H3,(H,12,14). The largest absolute Gasteiger partial charge is 0.396 e.